The predicted octanol–water partition coefficient (Wildman–Crippen LogP) is 5.92. The number of anilines is 1. The summed E-state index contributed by atoms with van der Waals surface area (Å²) >= 11 is 6.44. The number of hydrogen-bond acceptors (Lipinski definition) is 10. The molecule has 0 bridgehead atoms. The highest BCUT2D eigenvalue weighted by molar-refractivity contribution is 7.92. The van der Waals surface area contributed by atoms with Crippen LogP contribution in [0.2, 0.25) is 5.02 Å². The number of halogens is 1. The summed E-state index contributed by atoms with van der Waals surface area (Å²) in [6.07, 6.45) is 2.63. The molecule has 2 heterocycles. The van der Waals surface area contributed by atoms with Crippen molar-refractivity contribution in [2.24, 2.45) is 5.92 Å². The van der Waals surface area contributed by atoms with E-state index in [1.165, 1.54) is 37.8 Å². The molecule has 0 radical (unpaired) electrons. The SMILES string of the molecule is COc1ccc(Cl)c(Oc2c(OCCOC(=O)c3ccoc3)nc(C)nc2N(CC(C)C)S(=O)(=O)c2ccccc2)c1. The van der Waals surface area contributed by atoms with Crippen LogP contribution in [-0.4, -0.2) is 51.2 Å². The Morgan fingerprint density at radius 3 is 2.50 bits per heavy atom. The predicted molar refractivity (Wildman–Crippen MR) is 155 cm³/mol. The average Bonchev–Trinajstić information content (AvgIpc) is 3.52. The molecule has 4 rings (SSSR count). The molecule has 0 unspecified atom stereocenters. The Hall–Kier alpha value is -4.29. The maximum atomic E-state index is 14.0. The summed E-state index contributed by atoms with van der Waals surface area (Å²) in [6.45, 7) is 5.16. The van der Waals surface area contributed by atoms with Gasteiger partial charge < -0.3 is 23.4 Å². The number of carbonyl (C=O) groups excluding carboxylic acids is 1. The molecule has 11 nitrogen and oxygen atoms in total. The molecule has 0 saturated heterocycles. The Balaban J connectivity index is 1.77. The van der Waals surface area contributed by atoms with Crippen LogP contribution in [0.25, 0.3) is 0 Å². The number of benzene rings is 2. The topological polar surface area (TPSA) is 130 Å². The molecular formula is C29H30ClN3O8S. The standard InChI is InChI=1S/C29H30ClN3O8S/c1-19(2)17-33(42(35,36)23-8-6-5-7-9-23)27-26(41-25-16-22(37-4)10-11-24(25)30)28(32-20(3)31-27)39-14-15-40-29(34)21-12-13-38-18-21/h5-13,16,18-19H,14-15,17H2,1-4H3. The van der Waals surface area contributed by atoms with Gasteiger partial charge >= 0.3 is 5.97 Å². The molecule has 0 aliphatic heterocycles. The molecule has 0 saturated carbocycles. The van der Waals surface area contributed by atoms with Crippen LogP contribution in [0.15, 0.2) is 76.4 Å². The first kappa shape index (κ1) is 30.7. The van der Waals surface area contributed by atoms with Crippen molar-refractivity contribution in [2.75, 3.05) is 31.2 Å². The average molecular weight is 616 g/mol. The van der Waals surface area contributed by atoms with Crippen molar-refractivity contribution in [3.8, 4) is 23.1 Å². The molecule has 0 aliphatic rings. The maximum absolute atomic E-state index is 14.0. The Kier molecular flexibility index (Phi) is 9.92. The quantitative estimate of drug-likeness (QED) is 0.132. The lowest BCUT2D eigenvalue weighted by Gasteiger charge is -2.27. The summed E-state index contributed by atoms with van der Waals surface area (Å²) < 4.78 is 56.7. The molecule has 0 aliphatic carbocycles. The zero-order valence-electron chi connectivity index (χ0n) is 23.4. The number of aryl methyl sites for hydroxylation is 1. The van der Waals surface area contributed by atoms with Crippen molar-refractivity contribution >= 4 is 33.4 Å². The molecule has 42 heavy (non-hydrogen) atoms. The summed E-state index contributed by atoms with van der Waals surface area (Å²) in [5.74, 6) is -0.0934. The molecule has 2 aromatic carbocycles. The van der Waals surface area contributed by atoms with Crippen LogP contribution in [0.3, 0.4) is 0 Å². The zero-order chi connectivity index (χ0) is 30.3. The van der Waals surface area contributed by atoms with E-state index in [1.54, 1.807) is 43.3 Å². The van der Waals surface area contributed by atoms with E-state index in [2.05, 4.69) is 9.97 Å². The van der Waals surface area contributed by atoms with Gasteiger partial charge in [-0.25, -0.2) is 22.5 Å². The summed E-state index contributed by atoms with van der Waals surface area (Å²) in [5, 5.41) is 0.226. The fourth-order valence-electron chi connectivity index (χ4n) is 3.76. The molecule has 13 heteroatoms. The third-order valence-electron chi connectivity index (χ3n) is 5.69. The number of aromatic nitrogens is 2. The normalized spacial score (nSPS) is 11.3. The first-order valence-corrected chi connectivity index (χ1v) is 14.7. The minimum Gasteiger partial charge on any atom is -0.497 e. The van der Waals surface area contributed by atoms with Crippen molar-refractivity contribution in [3.05, 3.63) is 83.5 Å². The van der Waals surface area contributed by atoms with Crippen molar-refractivity contribution in [3.63, 3.8) is 0 Å². The lowest BCUT2D eigenvalue weighted by atomic mass is 10.2. The summed E-state index contributed by atoms with van der Waals surface area (Å²) in [7, 11) is -2.62. The zero-order valence-corrected chi connectivity index (χ0v) is 25.0. The van der Waals surface area contributed by atoms with Gasteiger partial charge in [-0.3, -0.25) is 0 Å². The summed E-state index contributed by atoms with van der Waals surface area (Å²) in [6, 6.07) is 14.3. The van der Waals surface area contributed by atoms with Gasteiger partial charge in [0, 0.05) is 12.6 Å². The van der Waals surface area contributed by atoms with Crippen molar-refractivity contribution < 1.29 is 36.6 Å². The van der Waals surface area contributed by atoms with Gasteiger partial charge in [-0.1, -0.05) is 43.6 Å². The lowest BCUT2D eigenvalue weighted by molar-refractivity contribution is 0.0445. The Morgan fingerprint density at radius 1 is 1.07 bits per heavy atom. The van der Waals surface area contributed by atoms with Crippen LogP contribution in [0.5, 0.6) is 23.1 Å². The van der Waals surface area contributed by atoms with E-state index in [1.807, 2.05) is 13.8 Å². The highest BCUT2D eigenvalue weighted by atomic mass is 35.5. The molecule has 0 spiro atoms. The van der Waals surface area contributed by atoms with E-state index >= 15 is 0 Å². The second-order valence-electron chi connectivity index (χ2n) is 9.37. The number of carbonyl (C=O) groups is 1. The smallest absolute Gasteiger partial charge is 0.341 e. The third-order valence-corrected chi connectivity index (χ3v) is 7.77. The summed E-state index contributed by atoms with van der Waals surface area (Å²) in [5.41, 5.74) is 0.252. The van der Waals surface area contributed by atoms with Gasteiger partial charge in [0.25, 0.3) is 15.9 Å². The second-order valence-corrected chi connectivity index (χ2v) is 11.6. The molecular weight excluding hydrogens is 586 g/mol. The molecule has 0 amide bonds. The molecule has 4 aromatic rings. The Labute approximate surface area is 249 Å². The van der Waals surface area contributed by atoms with Crippen molar-refractivity contribution in [1.29, 1.82) is 0 Å². The number of nitrogens with zero attached hydrogens (tertiary/aromatic N) is 3. The van der Waals surface area contributed by atoms with Crippen LogP contribution < -0.4 is 18.5 Å². The molecule has 222 valence electrons. The van der Waals surface area contributed by atoms with Gasteiger partial charge in [0.05, 0.1) is 28.9 Å². The number of sulfonamides is 1. The monoisotopic (exact) mass is 615 g/mol. The first-order valence-electron chi connectivity index (χ1n) is 12.9. The van der Waals surface area contributed by atoms with Crippen molar-refractivity contribution in [2.45, 2.75) is 25.7 Å². The van der Waals surface area contributed by atoms with E-state index in [-0.39, 0.29) is 70.2 Å². The Bertz CT molecular complexity index is 1610. The second kappa shape index (κ2) is 13.6. The van der Waals surface area contributed by atoms with E-state index in [4.69, 9.17) is 35.0 Å². The van der Waals surface area contributed by atoms with Crippen LogP contribution >= 0.6 is 11.6 Å². The molecule has 0 N–H and O–H groups in total. The molecule has 0 atom stereocenters. The summed E-state index contributed by atoms with van der Waals surface area (Å²) in [4.78, 5) is 21.1. The third kappa shape index (κ3) is 7.31. The fraction of sp³-hybridized carbons (Fsp3) is 0.276. The van der Waals surface area contributed by atoms with E-state index in [0.717, 1.165) is 4.31 Å². The van der Waals surface area contributed by atoms with Gasteiger partial charge in [-0.15, -0.1) is 0 Å². The number of ether oxygens (including phenoxy) is 4. The minimum atomic E-state index is -4.11. The first-order chi connectivity index (χ1) is 20.1. The van der Waals surface area contributed by atoms with Crippen LogP contribution in [0.1, 0.15) is 30.0 Å². The van der Waals surface area contributed by atoms with Crippen LogP contribution in [0.4, 0.5) is 5.82 Å². The largest absolute Gasteiger partial charge is 0.497 e. The Morgan fingerprint density at radius 2 is 1.83 bits per heavy atom. The van der Waals surface area contributed by atoms with Crippen LogP contribution in [0, 0.1) is 12.8 Å². The van der Waals surface area contributed by atoms with E-state index < -0.39 is 16.0 Å². The minimum absolute atomic E-state index is 0.0515. The number of hydrogen-bond donors (Lipinski definition) is 0. The van der Waals surface area contributed by atoms with Gasteiger partial charge in [-0.2, -0.15) is 4.98 Å². The highest BCUT2D eigenvalue weighted by Crippen LogP contribution is 2.43. The number of furan rings is 1. The molecule has 0 fully saturated rings. The fourth-order valence-corrected chi connectivity index (χ4v) is 5.52. The van der Waals surface area contributed by atoms with Gasteiger partial charge in [0.15, 0.2) is 5.82 Å². The number of rotatable bonds is 13. The number of methoxy groups -OCH3 is 1. The maximum Gasteiger partial charge on any atom is 0.341 e. The van der Waals surface area contributed by atoms with Gasteiger partial charge in [0.2, 0.25) is 5.75 Å². The lowest BCUT2D eigenvalue weighted by Crippen LogP contribution is -2.35. The van der Waals surface area contributed by atoms with Gasteiger partial charge in [0.1, 0.15) is 36.8 Å². The van der Waals surface area contributed by atoms with Crippen LogP contribution in [-0.2, 0) is 14.8 Å². The highest BCUT2D eigenvalue weighted by Gasteiger charge is 2.32. The van der Waals surface area contributed by atoms with Gasteiger partial charge in [-0.05, 0) is 43.2 Å². The number of esters is 1. The molecule has 2 aromatic heterocycles. The van der Waals surface area contributed by atoms with Crippen molar-refractivity contribution in [1.82, 2.24) is 9.97 Å². The van der Waals surface area contributed by atoms with E-state index in [9.17, 15) is 13.2 Å². The van der Waals surface area contributed by atoms with E-state index in [0.29, 0.717) is 5.75 Å².